The van der Waals surface area contributed by atoms with Crippen molar-refractivity contribution in [3.63, 3.8) is 0 Å². The molecule has 0 bridgehead atoms. The Balaban J connectivity index is 2.42. The van der Waals surface area contributed by atoms with Crippen LogP contribution < -0.4 is 5.73 Å². The van der Waals surface area contributed by atoms with Crippen molar-refractivity contribution < 1.29 is 4.39 Å². The zero-order valence-electron chi connectivity index (χ0n) is 10.3. The lowest BCUT2D eigenvalue weighted by molar-refractivity contribution is 0.140. The third kappa shape index (κ3) is 2.21. The van der Waals surface area contributed by atoms with Crippen LogP contribution in [-0.4, -0.2) is 0 Å². The molecule has 0 spiro atoms. The van der Waals surface area contributed by atoms with Gasteiger partial charge in [-0.2, -0.15) is 0 Å². The minimum atomic E-state index is -0.549. The Bertz CT molecular complexity index is 421. The van der Waals surface area contributed by atoms with Crippen LogP contribution in [0.2, 0.25) is 5.02 Å². The molecular formula is C14H19ClFN. The van der Waals surface area contributed by atoms with Gasteiger partial charge in [-0.15, -0.1) is 0 Å². The fraction of sp³-hybridized carbons (Fsp3) is 0.571. The normalized spacial score (nSPS) is 33.7. The maximum absolute atomic E-state index is 14.0. The van der Waals surface area contributed by atoms with E-state index in [4.69, 9.17) is 17.3 Å². The largest absolute Gasteiger partial charge is 0.321 e. The summed E-state index contributed by atoms with van der Waals surface area (Å²) in [6.07, 6.45) is 3.08. The number of rotatable bonds is 1. The molecule has 0 aromatic heterocycles. The van der Waals surface area contributed by atoms with E-state index in [1.807, 2.05) is 0 Å². The first kappa shape index (κ1) is 12.8. The van der Waals surface area contributed by atoms with Crippen molar-refractivity contribution in [2.24, 2.45) is 17.6 Å². The fourth-order valence-electron chi connectivity index (χ4n) is 2.95. The van der Waals surface area contributed by atoms with Crippen LogP contribution in [0.4, 0.5) is 4.39 Å². The van der Waals surface area contributed by atoms with Crippen molar-refractivity contribution in [1.29, 1.82) is 0 Å². The number of hydrogen-bond donors (Lipinski definition) is 1. The monoisotopic (exact) mass is 255 g/mol. The molecule has 17 heavy (non-hydrogen) atoms. The summed E-state index contributed by atoms with van der Waals surface area (Å²) < 4.78 is 14.0. The van der Waals surface area contributed by atoms with E-state index in [1.54, 1.807) is 12.1 Å². The van der Waals surface area contributed by atoms with Gasteiger partial charge in [-0.3, -0.25) is 0 Å². The highest BCUT2D eigenvalue weighted by molar-refractivity contribution is 6.30. The average molecular weight is 256 g/mol. The summed E-state index contributed by atoms with van der Waals surface area (Å²) in [5, 5.41) is 0.423. The fourth-order valence-corrected chi connectivity index (χ4v) is 3.11. The smallest absolute Gasteiger partial charge is 0.129 e. The predicted octanol–water partition coefficient (Wildman–Crippen LogP) is 4.09. The van der Waals surface area contributed by atoms with Crippen LogP contribution in [0.1, 0.15) is 38.7 Å². The Labute approximate surface area is 107 Å². The summed E-state index contributed by atoms with van der Waals surface area (Å²) >= 11 is 5.79. The molecule has 3 atom stereocenters. The van der Waals surface area contributed by atoms with Gasteiger partial charge in [0.2, 0.25) is 0 Å². The molecule has 1 fully saturated rings. The first-order valence-corrected chi connectivity index (χ1v) is 6.57. The second-order valence-corrected chi connectivity index (χ2v) is 5.76. The molecule has 3 heteroatoms. The highest BCUT2D eigenvalue weighted by Gasteiger charge is 2.41. The SMILES string of the molecule is CC1CCCC(N)(c2ccc(Cl)cc2F)C1C. The van der Waals surface area contributed by atoms with Gasteiger partial charge in [-0.25, -0.2) is 4.39 Å². The molecule has 1 nitrogen and oxygen atoms in total. The van der Waals surface area contributed by atoms with Gasteiger partial charge in [0.1, 0.15) is 5.82 Å². The van der Waals surface area contributed by atoms with Crippen LogP contribution >= 0.6 is 11.6 Å². The maximum atomic E-state index is 14.0. The Morgan fingerprint density at radius 3 is 2.76 bits per heavy atom. The van der Waals surface area contributed by atoms with Crippen molar-refractivity contribution in [2.45, 2.75) is 38.6 Å². The lowest BCUT2D eigenvalue weighted by Gasteiger charge is -2.43. The predicted molar refractivity (Wildman–Crippen MR) is 69.5 cm³/mol. The molecule has 0 saturated heterocycles. The van der Waals surface area contributed by atoms with Crippen molar-refractivity contribution in [1.82, 2.24) is 0 Å². The van der Waals surface area contributed by atoms with Gasteiger partial charge < -0.3 is 5.73 Å². The standard InChI is InChI=1S/C14H19ClFN/c1-9-4-3-7-14(17,10(9)2)12-6-5-11(15)8-13(12)16/h5-6,8-10H,3-4,7,17H2,1-2H3. The zero-order chi connectivity index (χ0) is 12.6. The molecule has 1 aromatic carbocycles. The van der Waals surface area contributed by atoms with Crippen LogP contribution in [0.25, 0.3) is 0 Å². The second-order valence-electron chi connectivity index (χ2n) is 5.32. The Morgan fingerprint density at radius 2 is 2.12 bits per heavy atom. The molecule has 0 radical (unpaired) electrons. The lowest BCUT2D eigenvalue weighted by atomic mass is 9.66. The third-order valence-corrected chi connectivity index (χ3v) is 4.58. The summed E-state index contributed by atoms with van der Waals surface area (Å²) in [4.78, 5) is 0. The van der Waals surface area contributed by atoms with Crippen LogP contribution in [0, 0.1) is 17.7 Å². The van der Waals surface area contributed by atoms with Gasteiger partial charge >= 0.3 is 0 Å². The quantitative estimate of drug-likeness (QED) is 0.804. The van der Waals surface area contributed by atoms with Gasteiger partial charge in [-0.1, -0.05) is 44.4 Å². The topological polar surface area (TPSA) is 26.0 Å². The summed E-state index contributed by atoms with van der Waals surface area (Å²) in [7, 11) is 0. The van der Waals surface area contributed by atoms with Gasteiger partial charge in [0.05, 0.1) is 0 Å². The molecule has 1 aliphatic rings. The number of hydrogen-bond acceptors (Lipinski definition) is 1. The molecule has 1 aliphatic carbocycles. The van der Waals surface area contributed by atoms with E-state index in [9.17, 15) is 4.39 Å². The van der Waals surface area contributed by atoms with Crippen molar-refractivity contribution in [3.05, 3.63) is 34.6 Å². The van der Waals surface area contributed by atoms with Gasteiger partial charge in [0, 0.05) is 16.1 Å². The van der Waals surface area contributed by atoms with Crippen LogP contribution in [0.5, 0.6) is 0 Å². The van der Waals surface area contributed by atoms with E-state index in [0.29, 0.717) is 16.5 Å². The Kier molecular flexibility index (Phi) is 3.46. The molecule has 2 N–H and O–H groups in total. The van der Waals surface area contributed by atoms with Crippen molar-refractivity contribution in [3.8, 4) is 0 Å². The van der Waals surface area contributed by atoms with E-state index < -0.39 is 5.54 Å². The molecule has 3 unspecified atom stereocenters. The molecular weight excluding hydrogens is 237 g/mol. The first-order chi connectivity index (χ1) is 7.95. The molecule has 0 heterocycles. The average Bonchev–Trinajstić information content (AvgIpc) is 2.25. The highest BCUT2D eigenvalue weighted by Crippen LogP contribution is 2.43. The summed E-state index contributed by atoms with van der Waals surface area (Å²) in [5.74, 6) is 0.539. The Morgan fingerprint density at radius 1 is 1.41 bits per heavy atom. The van der Waals surface area contributed by atoms with Crippen LogP contribution in [0.3, 0.4) is 0 Å². The molecule has 94 valence electrons. The highest BCUT2D eigenvalue weighted by atomic mass is 35.5. The maximum Gasteiger partial charge on any atom is 0.129 e. The van der Waals surface area contributed by atoms with E-state index >= 15 is 0 Å². The Hall–Kier alpha value is -0.600. The summed E-state index contributed by atoms with van der Waals surface area (Å²) in [6.45, 7) is 4.32. The molecule has 0 aliphatic heterocycles. The van der Waals surface area contributed by atoms with Gasteiger partial charge in [0.25, 0.3) is 0 Å². The molecule has 0 amide bonds. The minimum Gasteiger partial charge on any atom is -0.321 e. The first-order valence-electron chi connectivity index (χ1n) is 6.19. The minimum absolute atomic E-state index is 0.277. The number of halogens is 2. The summed E-state index contributed by atoms with van der Waals surface area (Å²) in [6, 6.07) is 4.82. The van der Waals surface area contributed by atoms with Crippen molar-refractivity contribution in [2.75, 3.05) is 0 Å². The third-order valence-electron chi connectivity index (χ3n) is 4.35. The molecule has 1 aromatic rings. The van der Waals surface area contributed by atoms with Gasteiger partial charge in [-0.05, 0) is 30.4 Å². The second kappa shape index (κ2) is 4.58. The van der Waals surface area contributed by atoms with Crippen LogP contribution in [-0.2, 0) is 5.54 Å². The van der Waals surface area contributed by atoms with Crippen LogP contribution in [0.15, 0.2) is 18.2 Å². The molecule has 1 saturated carbocycles. The van der Waals surface area contributed by atoms with Crippen molar-refractivity contribution >= 4 is 11.6 Å². The zero-order valence-corrected chi connectivity index (χ0v) is 11.1. The molecule has 2 rings (SSSR count). The lowest BCUT2D eigenvalue weighted by Crippen LogP contribution is -2.48. The number of nitrogens with two attached hydrogens (primary N) is 1. The van der Waals surface area contributed by atoms with Gasteiger partial charge in [0.15, 0.2) is 0 Å². The van der Waals surface area contributed by atoms with E-state index in [0.717, 1.165) is 12.8 Å². The van der Waals surface area contributed by atoms with E-state index in [1.165, 1.54) is 12.5 Å². The summed E-state index contributed by atoms with van der Waals surface area (Å²) in [5.41, 5.74) is 6.54. The van der Waals surface area contributed by atoms with E-state index in [2.05, 4.69) is 13.8 Å². The number of benzene rings is 1. The van der Waals surface area contributed by atoms with E-state index in [-0.39, 0.29) is 11.7 Å².